The number of carbonyl (C=O) groups excluding carboxylic acids is 1. The number of pyridine rings is 1. The van der Waals surface area contributed by atoms with Crippen LogP contribution in [0.3, 0.4) is 0 Å². The van der Waals surface area contributed by atoms with E-state index >= 15 is 0 Å². The summed E-state index contributed by atoms with van der Waals surface area (Å²) < 4.78 is 13.8. The van der Waals surface area contributed by atoms with Gasteiger partial charge >= 0.3 is 0 Å². The predicted octanol–water partition coefficient (Wildman–Crippen LogP) is 2.82. The zero-order valence-electron chi connectivity index (χ0n) is 19.8. The number of aromatic nitrogens is 1. The van der Waals surface area contributed by atoms with E-state index in [-0.39, 0.29) is 35.4 Å². The number of halogens is 2. The Kier molecular flexibility index (Phi) is 8.58. The van der Waals surface area contributed by atoms with Crippen LogP contribution in [0.5, 0.6) is 5.75 Å². The van der Waals surface area contributed by atoms with Crippen molar-refractivity contribution in [3.63, 3.8) is 0 Å². The minimum absolute atomic E-state index is 0.0382. The number of H-pyrrole nitrogens is 1. The summed E-state index contributed by atoms with van der Waals surface area (Å²) in [6.45, 7) is 2.66. The number of aliphatic hydroxyl groups excluding tert-OH is 1. The van der Waals surface area contributed by atoms with E-state index in [4.69, 9.17) is 11.6 Å². The van der Waals surface area contributed by atoms with E-state index in [1.807, 2.05) is 0 Å². The van der Waals surface area contributed by atoms with E-state index in [2.05, 4.69) is 20.5 Å². The molecular formula is C26H30ClFN4O4. The van der Waals surface area contributed by atoms with Crippen molar-refractivity contribution >= 4 is 28.4 Å². The number of fused-ring (bicyclic) bond motifs is 1. The molecule has 0 bridgehead atoms. The lowest BCUT2D eigenvalue weighted by Crippen LogP contribution is -2.44. The third-order valence-electron chi connectivity index (χ3n) is 6.63. The molecule has 1 aliphatic heterocycles. The molecule has 1 amide bonds. The van der Waals surface area contributed by atoms with E-state index in [1.54, 1.807) is 18.2 Å². The number of carbonyl (C=O) groups is 1. The normalized spacial score (nSPS) is 15.8. The maximum absolute atomic E-state index is 13.8. The molecule has 1 aliphatic rings. The van der Waals surface area contributed by atoms with Crippen molar-refractivity contribution in [2.45, 2.75) is 38.0 Å². The number of piperidine rings is 1. The van der Waals surface area contributed by atoms with Gasteiger partial charge < -0.3 is 30.7 Å². The van der Waals surface area contributed by atoms with Gasteiger partial charge in [0.2, 0.25) is 11.5 Å². The smallest absolute Gasteiger partial charge is 0.248 e. The molecule has 0 aliphatic carbocycles. The molecule has 0 radical (unpaired) electrons. The Morgan fingerprint density at radius 1 is 1.19 bits per heavy atom. The topological polar surface area (TPSA) is 118 Å². The standard InChI is InChI=1S/C26H30ClFN4O4/c27-20-2-1-3-21(28)19(20)14-30-24(35)10-13-32-11-8-16(9-12-32)29-15-23(34)17-4-6-22(33)26-18(17)5-7-25(36)31-26/h1-7,16,23,29,33-34H,8-15H2,(H,30,35)(H,31,36). The SMILES string of the molecule is O=C(CCN1CCC(NCC(O)c2ccc(O)c3[nH]c(=O)ccc23)CC1)NCc1c(F)cccc1Cl. The first kappa shape index (κ1) is 26.1. The molecule has 1 unspecified atom stereocenters. The molecule has 1 fully saturated rings. The van der Waals surface area contributed by atoms with Crippen molar-refractivity contribution in [3.8, 4) is 5.75 Å². The minimum Gasteiger partial charge on any atom is -0.506 e. The number of aromatic hydroxyl groups is 1. The molecule has 3 aromatic rings. The number of phenolic OH excluding ortho intramolecular Hbond substituents is 1. The van der Waals surface area contributed by atoms with Crippen LogP contribution in [-0.2, 0) is 11.3 Å². The number of hydrogen-bond donors (Lipinski definition) is 5. The first-order valence-corrected chi connectivity index (χ1v) is 12.4. The Labute approximate surface area is 213 Å². The Bertz CT molecular complexity index is 1260. The van der Waals surface area contributed by atoms with Crippen LogP contribution in [0.25, 0.3) is 10.9 Å². The van der Waals surface area contributed by atoms with Crippen LogP contribution in [0, 0.1) is 5.82 Å². The minimum atomic E-state index is -0.802. The molecule has 192 valence electrons. The maximum Gasteiger partial charge on any atom is 0.248 e. The van der Waals surface area contributed by atoms with Gasteiger partial charge in [0.15, 0.2) is 0 Å². The van der Waals surface area contributed by atoms with Gasteiger partial charge in [0.25, 0.3) is 0 Å². The fraction of sp³-hybridized carbons (Fsp3) is 0.385. The van der Waals surface area contributed by atoms with Crippen LogP contribution in [0.15, 0.2) is 47.3 Å². The average Bonchev–Trinajstić information content (AvgIpc) is 2.87. The monoisotopic (exact) mass is 516 g/mol. The fourth-order valence-corrected chi connectivity index (χ4v) is 4.76. The van der Waals surface area contributed by atoms with E-state index in [1.165, 1.54) is 24.3 Å². The van der Waals surface area contributed by atoms with Crippen LogP contribution >= 0.6 is 11.6 Å². The third kappa shape index (κ3) is 6.41. The first-order chi connectivity index (χ1) is 17.3. The second-order valence-corrected chi connectivity index (χ2v) is 9.46. The second kappa shape index (κ2) is 11.8. The van der Waals surface area contributed by atoms with Gasteiger partial charge in [-0.2, -0.15) is 0 Å². The van der Waals surface area contributed by atoms with Crippen molar-refractivity contribution in [3.05, 3.63) is 74.8 Å². The molecule has 10 heteroatoms. The number of benzene rings is 2. The summed E-state index contributed by atoms with van der Waals surface area (Å²) in [5.74, 6) is -0.625. The van der Waals surface area contributed by atoms with Gasteiger partial charge in [-0.25, -0.2) is 4.39 Å². The number of hydrogen-bond acceptors (Lipinski definition) is 6. The summed E-state index contributed by atoms with van der Waals surface area (Å²) in [7, 11) is 0. The second-order valence-electron chi connectivity index (χ2n) is 9.05. The van der Waals surface area contributed by atoms with Crippen LogP contribution in [0.1, 0.15) is 36.5 Å². The van der Waals surface area contributed by atoms with Crippen molar-refractivity contribution < 1.29 is 19.4 Å². The molecule has 4 rings (SSSR count). The van der Waals surface area contributed by atoms with E-state index in [0.29, 0.717) is 41.0 Å². The van der Waals surface area contributed by atoms with Gasteiger partial charge in [-0.1, -0.05) is 23.7 Å². The molecule has 1 aromatic heterocycles. The van der Waals surface area contributed by atoms with Gasteiger partial charge in [0, 0.05) is 54.1 Å². The number of nitrogens with one attached hydrogen (secondary N) is 3. The van der Waals surface area contributed by atoms with E-state index < -0.39 is 11.9 Å². The molecule has 0 saturated carbocycles. The van der Waals surface area contributed by atoms with Gasteiger partial charge in [-0.3, -0.25) is 9.59 Å². The van der Waals surface area contributed by atoms with Crippen molar-refractivity contribution in [2.75, 3.05) is 26.2 Å². The Morgan fingerprint density at radius 3 is 2.72 bits per heavy atom. The van der Waals surface area contributed by atoms with Crippen LogP contribution in [-0.4, -0.2) is 58.2 Å². The summed E-state index contributed by atoms with van der Waals surface area (Å²) in [6.07, 6.45) is 1.27. The van der Waals surface area contributed by atoms with Gasteiger partial charge in [-0.15, -0.1) is 0 Å². The highest BCUT2D eigenvalue weighted by Crippen LogP contribution is 2.28. The molecule has 0 spiro atoms. The third-order valence-corrected chi connectivity index (χ3v) is 6.99. The Balaban J connectivity index is 1.19. The average molecular weight is 517 g/mol. The number of aromatic amines is 1. The summed E-state index contributed by atoms with van der Waals surface area (Å²) in [5.41, 5.74) is 0.913. The van der Waals surface area contributed by atoms with Crippen LogP contribution < -0.4 is 16.2 Å². The molecule has 1 atom stereocenters. The van der Waals surface area contributed by atoms with Crippen molar-refractivity contribution in [1.29, 1.82) is 0 Å². The largest absolute Gasteiger partial charge is 0.506 e. The zero-order valence-corrected chi connectivity index (χ0v) is 20.5. The highest BCUT2D eigenvalue weighted by atomic mass is 35.5. The predicted molar refractivity (Wildman–Crippen MR) is 137 cm³/mol. The number of rotatable bonds is 9. The number of likely N-dealkylation sites (tertiary alicyclic amines) is 1. The van der Waals surface area contributed by atoms with E-state index in [9.17, 15) is 24.2 Å². The molecule has 8 nitrogen and oxygen atoms in total. The molecule has 2 aromatic carbocycles. The van der Waals surface area contributed by atoms with Crippen LogP contribution in [0.4, 0.5) is 4.39 Å². The lowest BCUT2D eigenvalue weighted by Gasteiger charge is -2.32. The quantitative estimate of drug-likeness (QED) is 0.298. The highest BCUT2D eigenvalue weighted by Gasteiger charge is 2.21. The lowest BCUT2D eigenvalue weighted by atomic mass is 10.0. The molecule has 36 heavy (non-hydrogen) atoms. The summed E-state index contributed by atoms with van der Waals surface area (Å²) in [5, 5.41) is 27.8. The first-order valence-electron chi connectivity index (χ1n) is 12.0. The number of amides is 1. The van der Waals surface area contributed by atoms with Gasteiger partial charge in [0.1, 0.15) is 11.6 Å². The van der Waals surface area contributed by atoms with E-state index in [0.717, 1.165) is 25.9 Å². The number of aliphatic hydroxyl groups is 1. The fourth-order valence-electron chi connectivity index (χ4n) is 4.53. The van der Waals surface area contributed by atoms with Gasteiger partial charge in [0.05, 0.1) is 11.6 Å². The molecular weight excluding hydrogens is 487 g/mol. The summed E-state index contributed by atoms with van der Waals surface area (Å²) in [6, 6.07) is 10.8. The number of phenols is 1. The Morgan fingerprint density at radius 2 is 1.97 bits per heavy atom. The highest BCUT2D eigenvalue weighted by molar-refractivity contribution is 6.31. The molecule has 5 N–H and O–H groups in total. The van der Waals surface area contributed by atoms with Crippen molar-refractivity contribution in [2.24, 2.45) is 0 Å². The van der Waals surface area contributed by atoms with Crippen molar-refractivity contribution in [1.82, 2.24) is 20.5 Å². The zero-order chi connectivity index (χ0) is 25.7. The van der Waals surface area contributed by atoms with Crippen LogP contribution in [0.2, 0.25) is 5.02 Å². The molecule has 2 heterocycles. The Hall–Kier alpha value is -2.98. The molecule has 1 saturated heterocycles. The van der Waals surface area contributed by atoms with Gasteiger partial charge in [-0.05, 0) is 55.8 Å². The summed E-state index contributed by atoms with van der Waals surface area (Å²) >= 11 is 6.00. The maximum atomic E-state index is 13.8. The lowest BCUT2D eigenvalue weighted by molar-refractivity contribution is -0.121. The summed E-state index contributed by atoms with van der Waals surface area (Å²) in [4.78, 5) is 28.6. The number of nitrogens with zero attached hydrogens (tertiary/aromatic N) is 1.